The van der Waals surface area contributed by atoms with E-state index >= 15 is 0 Å². The van der Waals surface area contributed by atoms with Gasteiger partial charge in [-0.1, -0.05) is 27.7 Å². The fraction of sp³-hybridized carbons (Fsp3) is 0.778. The van der Waals surface area contributed by atoms with E-state index in [2.05, 4.69) is 36.4 Å². The molecule has 0 N–H and O–H groups in total. The van der Waals surface area contributed by atoms with Crippen LogP contribution in [0.2, 0.25) is 0 Å². The minimum absolute atomic E-state index is 0.228. The lowest BCUT2D eigenvalue weighted by molar-refractivity contribution is 0.396. The van der Waals surface area contributed by atoms with E-state index in [9.17, 15) is 0 Å². The van der Waals surface area contributed by atoms with Crippen LogP contribution in [0.5, 0.6) is 0 Å². The lowest BCUT2D eigenvalue weighted by Crippen LogP contribution is -2.19. The van der Waals surface area contributed by atoms with Crippen LogP contribution in [0.3, 0.4) is 0 Å². The van der Waals surface area contributed by atoms with Gasteiger partial charge in [-0.25, -0.2) is 0 Å². The van der Waals surface area contributed by atoms with Crippen molar-refractivity contribution >= 4 is 11.7 Å². The van der Waals surface area contributed by atoms with Gasteiger partial charge < -0.3 is 0 Å². The SMILES string of the molecule is CC1(C)CC(C)(C)c2nsnc21. The zero-order valence-electron chi connectivity index (χ0n) is 8.01. The molecule has 0 amide bonds. The highest BCUT2D eigenvalue weighted by Gasteiger charge is 2.45. The largest absolute Gasteiger partial charge is 0.177 e. The molecular weight excluding hydrogens is 168 g/mol. The van der Waals surface area contributed by atoms with Gasteiger partial charge in [0, 0.05) is 10.8 Å². The lowest BCUT2D eigenvalue weighted by atomic mass is 9.83. The average molecular weight is 182 g/mol. The molecule has 0 unspecified atom stereocenters. The summed E-state index contributed by atoms with van der Waals surface area (Å²) in [6.45, 7) is 9.01. The quantitative estimate of drug-likeness (QED) is 0.616. The minimum atomic E-state index is 0.228. The molecule has 1 aliphatic rings. The average Bonchev–Trinajstić information content (AvgIpc) is 2.34. The first kappa shape index (κ1) is 8.17. The van der Waals surface area contributed by atoms with Crippen LogP contribution in [0.4, 0.5) is 0 Å². The van der Waals surface area contributed by atoms with E-state index < -0.39 is 0 Å². The third-order valence-corrected chi connectivity index (χ3v) is 3.18. The number of hydrogen-bond acceptors (Lipinski definition) is 3. The van der Waals surface area contributed by atoms with Crippen molar-refractivity contribution in [1.29, 1.82) is 0 Å². The molecule has 66 valence electrons. The monoisotopic (exact) mass is 182 g/mol. The molecule has 1 aromatic heterocycles. The van der Waals surface area contributed by atoms with E-state index in [-0.39, 0.29) is 10.8 Å². The van der Waals surface area contributed by atoms with Crippen molar-refractivity contribution in [3.8, 4) is 0 Å². The Kier molecular flexibility index (Phi) is 1.41. The van der Waals surface area contributed by atoms with E-state index in [1.807, 2.05) is 0 Å². The Morgan fingerprint density at radius 1 is 1.00 bits per heavy atom. The number of fused-ring (bicyclic) bond motifs is 1. The van der Waals surface area contributed by atoms with Crippen LogP contribution in [-0.2, 0) is 10.8 Å². The summed E-state index contributed by atoms with van der Waals surface area (Å²) in [4.78, 5) is 0. The van der Waals surface area contributed by atoms with Gasteiger partial charge in [0.05, 0.1) is 23.1 Å². The summed E-state index contributed by atoms with van der Waals surface area (Å²) in [7, 11) is 0. The standard InChI is InChI=1S/C9H14N2S/c1-8(2)5-9(3,4)7-6(8)10-12-11-7/h5H2,1-4H3. The van der Waals surface area contributed by atoms with Gasteiger partial charge in [-0.2, -0.15) is 8.75 Å². The molecule has 0 fully saturated rings. The molecule has 0 saturated heterocycles. The lowest BCUT2D eigenvalue weighted by Gasteiger charge is -2.21. The van der Waals surface area contributed by atoms with Crippen molar-refractivity contribution < 1.29 is 0 Å². The van der Waals surface area contributed by atoms with Gasteiger partial charge in [0.1, 0.15) is 0 Å². The van der Waals surface area contributed by atoms with E-state index in [4.69, 9.17) is 0 Å². The third-order valence-electron chi connectivity index (χ3n) is 2.65. The summed E-state index contributed by atoms with van der Waals surface area (Å²) in [6, 6.07) is 0. The predicted octanol–water partition coefficient (Wildman–Crippen LogP) is 2.50. The molecule has 1 aromatic rings. The second-order valence-corrected chi connectivity index (χ2v) is 5.43. The van der Waals surface area contributed by atoms with Crippen LogP contribution in [0.25, 0.3) is 0 Å². The minimum Gasteiger partial charge on any atom is -0.177 e. The molecule has 3 heteroatoms. The van der Waals surface area contributed by atoms with Crippen LogP contribution in [0.1, 0.15) is 45.5 Å². The van der Waals surface area contributed by atoms with Crippen molar-refractivity contribution in [2.75, 3.05) is 0 Å². The molecule has 0 aliphatic heterocycles. The van der Waals surface area contributed by atoms with Gasteiger partial charge in [0.25, 0.3) is 0 Å². The zero-order valence-corrected chi connectivity index (χ0v) is 8.83. The molecule has 0 atom stereocenters. The second-order valence-electron chi connectivity index (χ2n) is 4.91. The second kappa shape index (κ2) is 2.08. The van der Waals surface area contributed by atoms with Crippen LogP contribution in [0, 0.1) is 0 Å². The molecule has 2 rings (SSSR count). The Morgan fingerprint density at radius 3 is 1.83 bits per heavy atom. The Morgan fingerprint density at radius 2 is 1.42 bits per heavy atom. The van der Waals surface area contributed by atoms with Crippen LogP contribution >= 0.6 is 11.7 Å². The van der Waals surface area contributed by atoms with Crippen molar-refractivity contribution in [2.45, 2.75) is 44.9 Å². The van der Waals surface area contributed by atoms with Gasteiger partial charge in [0.2, 0.25) is 0 Å². The van der Waals surface area contributed by atoms with Gasteiger partial charge in [-0.15, -0.1) is 0 Å². The topological polar surface area (TPSA) is 25.8 Å². The summed E-state index contributed by atoms with van der Waals surface area (Å²) >= 11 is 1.35. The Labute approximate surface area is 77.3 Å². The molecule has 0 aromatic carbocycles. The Bertz CT molecular complexity index is 284. The summed E-state index contributed by atoms with van der Waals surface area (Å²) in [6.07, 6.45) is 1.16. The summed E-state index contributed by atoms with van der Waals surface area (Å²) in [5, 5.41) is 0. The molecule has 0 radical (unpaired) electrons. The maximum absolute atomic E-state index is 4.38. The number of hydrogen-bond donors (Lipinski definition) is 0. The first-order valence-corrected chi connectivity index (χ1v) is 5.00. The van der Waals surface area contributed by atoms with Gasteiger partial charge in [-0.05, 0) is 6.42 Å². The molecule has 1 heterocycles. The van der Waals surface area contributed by atoms with Gasteiger partial charge >= 0.3 is 0 Å². The first-order valence-electron chi connectivity index (χ1n) is 4.27. The first-order chi connectivity index (χ1) is 5.43. The molecule has 0 bridgehead atoms. The van der Waals surface area contributed by atoms with E-state index in [0.717, 1.165) is 6.42 Å². The molecular formula is C9H14N2S. The highest BCUT2D eigenvalue weighted by atomic mass is 32.1. The highest BCUT2D eigenvalue weighted by Crippen LogP contribution is 2.47. The van der Waals surface area contributed by atoms with E-state index in [1.165, 1.54) is 23.1 Å². The third kappa shape index (κ3) is 0.922. The molecule has 2 nitrogen and oxygen atoms in total. The summed E-state index contributed by atoms with van der Waals surface area (Å²) in [5.74, 6) is 0. The van der Waals surface area contributed by atoms with Gasteiger partial charge in [-0.3, -0.25) is 0 Å². The maximum atomic E-state index is 4.38. The van der Waals surface area contributed by atoms with Crippen LogP contribution < -0.4 is 0 Å². The van der Waals surface area contributed by atoms with E-state index in [0.29, 0.717) is 0 Å². The molecule has 12 heavy (non-hydrogen) atoms. The Balaban J connectivity index is 2.60. The molecule has 0 saturated carbocycles. The fourth-order valence-electron chi connectivity index (χ4n) is 2.35. The van der Waals surface area contributed by atoms with Crippen molar-refractivity contribution in [3.63, 3.8) is 0 Å². The number of aromatic nitrogens is 2. The van der Waals surface area contributed by atoms with Crippen LogP contribution in [0.15, 0.2) is 0 Å². The zero-order chi connectivity index (χ0) is 8.98. The normalized spacial score (nSPS) is 24.0. The highest BCUT2D eigenvalue weighted by molar-refractivity contribution is 6.99. The summed E-state index contributed by atoms with van der Waals surface area (Å²) < 4.78 is 8.75. The smallest absolute Gasteiger partial charge is 0.0837 e. The maximum Gasteiger partial charge on any atom is 0.0837 e. The molecule has 0 spiro atoms. The molecule has 1 aliphatic carbocycles. The van der Waals surface area contributed by atoms with Crippen molar-refractivity contribution in [3.05, 3.63) is 11.4 Å². The van der Waals surface area contributed by atoms with Crippen molar-refractivity contribution in [1.82, 2.24) is 8.75 Å². The van der Waals surface area contributed by atoms with E-state index in [1.54, 1.807) is 0 Å². The predicted molar refractivity (Wildman–Crippen MR) is 50.6 cm³/mol. The summed E-state index contributed by atoms with van der Waals surface area (Å²) in [5.41, 5.74) is 2.90. The number of rotatable bonds is 0. The van der Waals surface area contributed by atoms with Gasteiger partial charge in [0.15, 0.2) is 0 Å². The fourth-order valence-corrected chi connectivity index (χ4v) is 3.22. The van der Waals surface area contributed by atoms with Crippen molar-refractivity contribution in [2.24, 2.45) is 0 Å². The Hall–Kier alpha value is -0.440. The van der Waals surface area contributed by atoms with Crippen LogP contribution in [-0.4, -0.2) is 8.75 Å². The number of nitrogens with zero attached hydrogens (tertiary/aromatic N) is 2.